The first-order valence-corrected chi connectivity index (χ1v) is 10.5. The van der Waals surface area contributed by atoms with E-state index in [0.29, 0.717) is 28.8 Å². The summed E-state index contributed by atoms with van der Waals surface area (Å²) < 4.78 is 40.5. The fourth-order valence-corrected chi connectivity index (χ4v) is 4.92. The number of primary amides is 1. The summed E-state index contributed by atoms with van der Waals surface area (Å²) in [5.74, 6) is -2.27. The molecule has 0 radical (unpaired) electrons. The second kappa shape index (κ2) is 7.92. The average Bonchev–Trinajstić information content (AvgIpc) is 2.85. The summed E-state index contributed by atoms with van der Waals surface area (Å²) >= 11 is 0. The van der Waals surface area contributed by atoms with Gasteiger partial charge < -0.3 is 16.2 Å². The lowest BCUT2D eigenvalue weighted by Gasteiger charge is -2.28. The van der Waals surface area contributed by atoms with Crippen molar-refractivity contribution in [2.45, 2.75) is 44.7 Å². The number of benzene rings is 1. The molecule has 3 rings (SSSR count). The van der Waals surface area contributed by atoms with Crippen molar-refractivity contribution in [2.75, 3.05) is 10.8 Å². The first kappa shape index (κ1) is 20.3. The van der Waals surface area contributed by atoms with Crippen molar-refractivity contribution in [2.24, 2.45) is 11.7 Å². The Bertz CT molecular complexity index is 861. The van der Waals surface area contributed by atoms with Crippen LogP contribution in [0.25, 0.3) is 0 Å². The summed E-state index contributed by atoms with van der Waals surface area (Å²) in [6.45, 7) is -0.293. The quantitative estimate of drug-likeness (QED) is 0.525. The Morgan fingerprint density at radius 2 is 2.00 bits per heavy atom. The number of aromatic hydroxyl groups is 1. The van der Waals surface area contributed by atoms with E-state index in [2.05, 4.69) is 5.32 Å². The number of phenolic OH excluding ortho intramolecular Hbond substituents is 1. The normalized spacial score (nSPS) is 24.2. The molecule has 2 amide bonds. The molecule has 0 aromatic heterocycles. The maximum atomic E-state index is 14.5. The van der Waals surface area contributed by atoms with Gasteiger partial charge in [0.2, 0.25) is 5.91 Å². The van der Waals surface area contributed by atoms with Crippen LogP contribution in [0.4, 0.5) is 10.1 Å². The van der Waals surface area contributed by atoms with Crippen LogP contribution >= 0.6 is 0 Å². The number of nitrogens with one attached hydrogen (secondary N) is 2. The molecule has 1 aromatic rings. The molecule has 1 saturated heterocycles. The van der Waals surface area contributed by atoms with Gasteiger partial charge in [0.05, 0.1) is 0 Å². The second-order valence-electron chi connectivity index (χ2n) is 7.25. The summed E-state index contributed by atoms with van der Waals surface area (Å²) in [5.41, 5.74) is 5.13. The average molecular weight is 414 g/mol. The number of nitrogens with zero attached hydrogens (tertiary/aromatic N) is 1. The number of phenols is 1. The molecule has 1 heterocycles. The van der Waals surface area contributed by atoms with E-state index in [1.165, 1.54) is 6.07 Å². The lowest BCUT2D eigenvalue weighted by atomic mass is 9.84. The number of carbonyl (C=O) groups excluding carboxylic acids is 2. The van der Waals surface area contributed by atoms with Crippen LogP contribution in [0.3, 0.4) is 0 Å². The SMILES string of the molecule is NC(=O)CC1CCC(NCc2cc(O)c(N3CC(=O)NS3(=O)=O)c(F)c2)CC1. The number of hydrogen-bond donors (Lipinski definition) is 4. The van der Waals surface area contributed by atoms with E-state index in [1.54, 1.807) is 4.72 Å². The maximum Gasteiger partial charge on any atom is 0.326 e. The van der Waals surface area contributed by atoms with Gasteiger partial charge in [-0.3, -0.25) is 9.59 Å². The van der Waals surface area contributed by atoms with Gasteiger partial charge in [-0.1, -0.05) is 0 Å². The van der Waals surface area contributed by atoms with Crippen LogP contribution in [0.2, 0.25) is 0 Å². The summed E-state index contributed by atoms with van der Waals surface area (Å²) in [6.07, 6.45) is 3.89. The Morgan fingerprint density at radius 1 is 1.32 bits per heavy atom. The van der Waals surface area contributed by atoms with Crippen LogP contribution in [-0.4, -0.2) is 37.9 Å². The van der Waals surface area contributed by atoms with Crippen molar-refractivity contribution in [1.82, 2.24) is 10.0 Å². The molecule has 1 saturated carbocycles. The lowest BCUT2D eigenvalue weighted by molar-refractivity contribution is -0.119. The first-order chi connectivity index (χ1) is 13.2. The number of rotatable bonds is 6. The van der Waals surface area contributed by atoms with Gasteiger partial charge in [-0.15, -0.1) is 0 Å². The van der Waals surface area contributed by atoms with Gasteiger partial charge in [-0.05, 0) is 49.3 Å². The van der Waals surface area contributed by atoms with E-state index in [9.17, 15) is 27.5 Å². The first-order valence-electron chi connectivity index (χ1n) is 9.02. The monoisotopic (exact) mass is 414 g/mol. The highest BCUT2D eigenvalue weighted by molar-refractivity contribution is 7.92. The molecule has 2 fully saturated rings. The molecule has 1 aliphatic carbocycles. The van der Waals surface area contributed by atoms with E-state index >= 15 is 0 Å². The third-order valence-corrected chi connectivity index (χ3v) is 6.48. The zero-order valence-electron chi connectivity index (χ0n) is 15.2. The molecule has 11 heteroatoms. The molecule has 2 aliphatic rings. The Hall–Kier alpha value is -2.40. The highest BCUT2D eigenvalue weighted by Gasteiger charge is 2.37. The highest BCUT2D eigenvalue weighted by atomic mass is 32.2. The molecule has 28 heavy (non-hydrogen) atoms. The van der Waals surface area contributed by atoms with Crippen LogP contribution < -0.4 is 20.1 Å². The van der Waals surface area contributed by atoms with Gasteiger partial charge in [0.15, 0.2) is 5.82 Å². The predicted octanol–water partition coefficient (Wildman–Crippen LogP) is 0.236. The van der Waals surface area contributed by atoms with Crippen molar-refractivity contribution in [3.05, 3.63) is 23.5 Å². The molecule has 5 N–H and O–H groups in total. The predicted molar refractivity (Wildman–Crippen MR) is 98.9 cm³/mol. The van der Waals surface area contributed by atoms with Gasteiger partial charge in [-0.25, -0.2) is 13.4 Å². The fourth-order valence-electron chi connectivity index (χ4n) is 3.75. The molecular formula is C17H23FN4O5S. The lowest BCUT2D eigenvalue weighted by Crippen LogP contribution is -2.33. The Labute approximate surface area is 162 Å². The summed E-state index contributed by atoms with van der Waals surface area (Å²) in [7, 11) is -4.21. The number of amides is 2. The van der Waals surface area contributed by atoms with Crippen LogP contribution in [0.1, 0.15) is 37.7 Å². The Morgan fingerprint density at radius 3 is 2.54 bits per heavy atom. The summed E-state index contributed by atoms with van der Waals surface area (Å²) in [5, 5.41) is 13.4. The zero-order chi connectivity index (χ0) is 20.5. The van der Waals surface area contributed by atoms with Crippen molar-refractivity contribution in [1.29, 1.82) is 0 Å². The van der Waals surface area contributed by atoms with E-state index < -0.39 is 39.9 Å². The van der Waals surface area contributed by atoms with Gasteiger partial charge >= 0.3 is 10.2 Å². The van der Waals surface area contributed by atoms with Crippen LogP contribution in [0.15, 0.2) is 12.1 Å². The van der Waals surface area contributed by atoms with Crippen molar-refractivity contribution >= 4 is 27.7 Å². The van der Waals surface area contributed by atoms with Gasteiger partial charge in [0.25, 0.3) is 5.91 Å². The Kier molecular flexibility index (Phi) is 5.75. The molecule has 0 bridgehead atoms. The molecule has 1 aromatic carbocycles. The molecule has 9 nitrogen and oxygen atoms in total. The van der Waals surface area contributed by atoms with Crippen LogP contribution in [-0.2, 0) is 26.3 Å². The zero-order valence-corrected chi connectivity index (χ0v) is 16.0. The van der Waals surface area contributed by atoms with Crippen molar-refractivity contribution in [3.8, 4) is 5.75 Å². The van der Waals surface area contributed by atoms with E-state index in [-0.39, 0.29) is 11.9 Å². The molecule has 0 atom stereocenters. The third-order valence-electron chi connectivity index (χ3n) is 5.10. The van der Waals surface area contributed by atoms with Crippen molar-refractivity contribution in [3.63, 3.8) is 0 Å². The molecular weight excluding hydrogens is 391 g/mol. The van der Waals surface area contributed by atoms with Gasteiger partial charge in [0.1, 0.15) is 18.0 Å². The highest BCUT2D eigenvalue weighted by Crippen LogP contribution is 2.34. The van der Waals surface area contributed by atoms with Crippen molar-refractivity contribution < 1.29 is 27.5 Å². The van der Waals surface area contributed by atoms with Gasteiger partial charge in [-0.2, -0.15) is 8.42 Å². The second-order valence-corrected chi connectivity index (χ2v) is 8.85. The van der Waals surface area contributed by atoms with Crippen LogP contribution in [0, 0.1) is 11.7 Å². The summed E-state index contributed by atoms with van der Waals surface area (Å²) in [4.78, 5) is 22.3. The number of carbonyl (C=O) groups is 2. The van der Waals surface area contributed by atoms with E-state index in [4.69, 9.17) is 5.73 Å². The minimum Gasteiger partial charge on any atom is -0.506 e. The number of halogens is 1. The molecule has 0 spiro atoms. The standard InChI is InChI=1S/C17H23FN4O5S/c18-13-5-11(8-20-12-3-1-10(2-4-12)7-15(19)24)6-14(23)17(13)22-9-16(25)21-28(22,26)27/h5-6,10,12,20,23H,1-4,7-9H2,(H2,19,24)(H,21,25). The topological polar surface area (TPSA) is 142 Å². The third kappa shape index (κ3) is 4.53. The van der Waals surface area contributed by atoms with E-state index in [1.807, 2.05) is 0 Å². The Balaban J connectivity index is 1.62. The minimum absolute atomic E-state index is 0.204. The van der Waals surface area contributed by atoms with Crippen LogP contribution in [0.5, 0.6) is 5.75 Å². The number of nitrogens with two attached hydrogens (primary N) is 1. The minimum atomic E-state index is -4.21. The number of hydrogen-bond acceptors (Lipinski definition) is 6. The molecule has 1 aliphatic heterocycles. The molecule has 154 valence electrons. The van der Waals surface area contributed by atoms with Gasteiger partial charge in [0, 0.05) is 19.0 Å². The van der Waals surface area contributed by atoms with E-state index in [0.717, 1.165) is 31.7 Å². The summed E-state index contributed by atoms with van der Waals surface area (Å²) in [6, 6.07) is 2.62. The smallest absolute Gasteiger partial charge is 0.326 e. The number of anilines is 1. The maximum absolute atomic E-state index is 14.5. The molecule has 0 unspecified atom stereocenters. The largest absolute Gasteiger partial charge is 0.506 e. The fraction of sp³-hybridized carbons (Fsp3) is 0.529.